The topological polar surface area (TPSA) is 87.7 Å². The molecule has 24 heavy (non-hydrogen) atoms. The first-order valence-corrected chi connectivity index (χ1v) is 8.93. The fourth-order valence-electron chi connectivity index (χ4n) is 2.18. The number of benzene rings is 2. The van der Waals surface area contributed by atoms with Crippen molar-refractivity contribution in [3.05, 3.63) is 46.4 Å². The molecule has 0 fully saturated rings. The van der Waals surface area contributed by atoms with Crippen molar-refractivity contribution >= 4 is 37.3 Å². The summed E-state index contributed by atoms with van der Waals surface area (Å²) in [5, 5.41) is 12.2. The lowest BCUT2D eigenvalue weighted by atomic mass is 10.2. The van der Waals surface area contributed by atoms with Crippen LogP contribution in [-0.2, 0) is 10.0 Å². The first-order chi connectivity index (χ1) is 11.3. The number of halogens is 3. The summed E-state index contributed by atoms with van der Waals surface area (Å²) in [6, 6.07) is 5.51. The van der Waals surface area contributed by atoms with Crippen LogP contribution in [0.1, 0.15) is 0 Å². The third-order valence-electron chi connectivity index (χ3n) is 3.19. The largest absolute Gasteiger partial charge is 0.485 e. The van der Waals surface area contributed by atoms with Gasteiger partial charge >= 0.3 is 0 Å². The molecule has 0 saturated carbocycles. The van der Waals surface area contributed by atoms with Crippen LogP contribution in [0.4, 0.5) is 20.2 Å². The second-order valence-electron chi connectivity index (χ2n) is 4.99. The average molecular weight is 421 g/mol. The fourth-order valence-corrected chi connectivity index (χ4v) is 4.03. The van der Waals surface area contributed by atoms with E-state index in [-0.39, 0.29) is 28.6 Å². The molecule has 1 aliphatic heterocycles. The van der Waals surface area contributed by atoms with Gasteiger partial charge in [-0.1, -0.05) is 15.9 Å². The van der Waals surface area contributed by atoms with Crippen LogP contribution >= 0.6 is 15.9 Å². The van der Waals surface area contributed by atoms with Gasteiger partial charge < -0.3 is 15.2 Å². The third-order valence-corrected chi connectivity index (χ3v) is 5.03. The molecular formula is C14H11BrF2N2O4S. The highest BCUT2D eigenvalue weighted by Gasteiger charge is 2.28. The Hall–Kier alpha value is -1.91. The number of aliphatic hydroxyl groups excluding tert-OH is 1. The Balaban J connectivity index is 2.02. The van der Waals surface area contributed by atoms with Crippen LogP contribution in [0.3, 0.4) is 0 Å². The van der Waals surface area contributed by atoms with Crippen LogP contribution in [0.15, 0.2) is 39.7 Å². The highest BCUT2D eigenvalue weighted by atomic mass is 79.9. The molecule has 1 heterocycles. The van der Waals surface area contributed by atoms with Crippen molar-refractivity contribution in [2.24, 2.45) is 0 Å². The number of hydrogen-bond acceptors (Lipinski definition) is 5. The molecule has 10 heteroatoms. The number of aliphatic hydroxyl groups is 1. The van der Waals surface area contributed by atoms with Crippen LogP contribution in [0.25, 0.3) is 0 Å². The Morgan fingerprint density at radius 3 is 2.71 bits per heavy atom. The smallest absolute Gasteiger partial charge is 0.265 e. The van der Waals surface area contributed by atoms with E-state index in [1.165, 1.54) is 6.07 Å². The molecule has 2 aromatic carbocycles. The van der Waals surface area contributed by atoms with Gasteiger partial charge in [-0.25, -0.2) is 17.2 Å². The number of rotatable bonds is 3. The number of ether oxygens (including phenoxy) is 1. The first-order valence-electron chi connectivity index (χ1n) is 6.65. The van der Waals surface area contributed by atoms with Crippen molar-refractivity contribution in [1.82, 2.24) is 0 Å². The molecule has 0 saturated heterocycles. The molecule has 0 aromatic heterocycles. The van der Waals surface area contributed by atoms with E-state index in [0.29, 0.717) is 4.47 Å². The Kier molecular flexibility index (Phi) is 4.37. The van der Waals surface area contributed by atoms with Crippen molar-refractivity contribution in [2.45, 2.75) is 11.1 Å². The SMILES string of the molecule is O=S(=O)(Nc1ccc(F)c(F)c1)c1cc(Br)cc2c1OCC(O)N2. The predicted molar refractivity (Wildman–Crippen MR) is 86.4 cm³/mol. The van der Waals surface area contributed by atoms with Gasteiger partial charge in [0.1, 0.15) is 11.5 Å². The second-order valence-corrected chi connectivity index (χ2v) is 7.55. The Morgan fingerprint density at radius 2 is 2.00 bits per heavy atom. The standard InChI is InChI=1S/C14H11BrF2N2O4S/c15-7-3-11-14(23-6-13(20)18-11)12(4-7)24(21,22)19-8-1-2-9(16)10(17)5-8/h1-5,13,18-20H,6H2. The van der Waals surface area contributed by atoms with Gasteiger partial charge in [0.05, 0.1) is 11.4 Å². The highest BCUT2D eigenvalue weighted by molar-refractivity contribution is 9.10. The van der Waals surface area contributed by atoms with Crippen molar-refractivity contribution in [3.8, 4) is 5.75 Å². The maximum Gasteiger partial charge on any atom is 0.265 e. The Labute approximate surface area is 144 Å². The molecule has 6 nitrogen and oxygen atoms in total. The van der Waals surface area contributed by atoms with E-state index >= 15 is 0 Å². The van der Waals surface area contributed by atoms with Gasteiger partial charge in [0.25, 0.3) is 10.0 Å². The number of hydrogen-bond donors (Lipinski definition) is 3. The molecule has 1 aliphatic rings. The lowest BCUT2D eigenvalue weighted by Crippen LogP contribution is -2.32. The minimum Gasteiger partial charge on any atom is -0.485 e. The van der Waals surface area contributed by atoms with Crippen molar-refractivity contribution in [2.75, 3.05) is 16.6 Å². The van der Waals surface area contributed by atoms with E-state index in [4.69, 9.17) is 4.74 Å². The summed E-state index contributed by atoms with van der Waals surface area (Å²) >= 11 is 3.18. The molecule has 128 valence electrons. The minimum atomic E-state index is -4.14. The van der Waals surface area contributed by atoms with Crippen LogP contribution in [0, 0.1) is 11.6 Å². The van der Waals surface area contributed by atoms with Gasteiger partial charge in [0, 0.05) is 10.5 Å². The van der Waals surface area contributed by atoms with E-state index in [9.17, 15) is 22.3 Å². The van der Waals surface area contributed by atoms with Crippen LogP contribution < -0.4 is 14.8 Å². The lowest BCUT2D eigenvalue weighted by molar-refractivity contribution is 0.117. The first kappa shape index (κ1) is 16.9. The predicted octanol–water partition coefficient (Wildman–Crippen LogP) is 2.65. The highest BCUT2D eigenvalue weighted by Crippen LogP contribution is 2.39. The van der Waals surface area contributed by atoms with E-state index in [1.54, 1.807) is 6.07 Å². The molecule has 0 radical (unpaired) electrons. The zero-order valence-corrected chi connectivity index (χ0v) is 14.3. The van der Waals surface area contributed by atoms with Crippen LogP contribution in [0.2, 0.25) is 0 Å². The zero-order chi connectivity index (χ0) is 17.5. The van der Waals surface area contributed by atoms with E-state index < -0.39 is 27.9 Å². The molecule has 1 unspecified atom stereocenters. The third kappa shape index (κ3) is 3.30. The summed E-state index contributed by atoms with van der Waals surface area (Å²) < 4.78 is 59.3. The van der Waals surface area contributed by atoms with Gasteiger partial charge in [0.15, 0.2) is 23.6 Å². The molecule has 0 bridgehead atoms. The molecule has 1 atom stereocenters. The molecule has 0 amide bonds. The summed E-state index contributed by atoms with van der Waals surface area (Å²) in [5.41, 5.74) is 0.153. The second kappa shape index (κ2) is 6.19. The van der Waals surface area contributed by atoms with E-state index in [2.05, 4.69) is 26.0 Å². The van der Waals surface area contributed by atoms with Gasteiger partial charge in [0.2, 0.25) is 0 Å². The molecule has 2 aromatic rings. The van der Waals surface area contributed by atoms with E-state index in [1.807, 2.05) is 0 Å². The maximum absolute atomic E-state index is 13.3. The summed E-state index contributed by atoms with van der Waals surface area (Å²) in [7, 11) is -4.14. The zero-order valence-electron chi connectivity index (χ0n) is 11.9. The summed E-state index contributed by atoms with van der Waals surface area (Å²) in [5.74, 6) is -2.23. The maximum atomic E-state index is 13.3. The molecule has 3 rings (SSSR count). The van der Waals surface area contributed by atoms with Gasteiger partial charge in [-0.15, -0.1) is 0 Å². The quantitative estimate of drug-likeness (QED) is 0.710. The number of anilines is 2. The van der Waals surface area contributed by atoms with Crippen molar-refractivity contribution in [3.63, 3.8) is 0 Å². The molecular weight excluding hydrogens is 410 g/mol. The monoisotopic (exact) mass is 420 g/mol. The van der Waals surface area contributed by atoms with E-state index in [0.717, 1.165) is 18.2 Å². The summed E-state index contributed by atoms with van der Waals surface area (Å²) in [6.45, 7) is -0.137. The lowest BCUT2D eigenvalue weighted by Gasteiger charge is -2.26. The average Bonchev–Trinajstić information content (AvgIpc) is 2.49. The van der Waals surface area contributed by atoms with Gasteiger partial charge in [-0.3, -0.25) is 4.72 Å². The van der Waals surface area contributed by atoms with Crippen molar-refractivity contribution in [1.29, 1.82) is 0 Å². The van der Waals surface area contributed by atoms with Gasteiger partial charge in [-0.2, -0.15) is 0 Å². The molecule has 3 N–H and O–H groups in total. The summed E-state index contributed by atoms with van der Waals surface area (Å²) in [4.78, 5) is -0.212. The Morgan fingerprint density at radius 1 is 1.25 bits per heavy atom. The van der Waals surface area contributed by atoms with Gasteiger partial charge in [-0.05, 0) is 24.3 Å². The minimum absolute atomic E-state index is 0.0265. The van der Waals surface area contributed by atoms with Crippen molar-refractivity contribution < 1.29 is 27.0 Å². The van der Waals surface area contributed by atoms with Crippen LogP contribution in [-0.4, -0.2) is 26.4 Å². The number of nitrogens with one attached hydrogen (secondary N) is 2. The van der Waals surface area contributed by atoms with Crippen LogP contribution in [0.5, 0.6) is 5.75 Å². The normalized spacial score (nSPS) is 16.8. The molecule has 0 spiro atoms. The summed E-state index contributed by atoms with van der Waals surface area (Å²) in [6.07, 6.45) is -0.971. The number of sulfonamides is 1. The molecule has 0 aliphatic carbocycles. The Bertz CT molecular complexity index is 908. The fraction of sp³-hybridized carbons (Fsp3) is 0.143. The number of fused-ring (bicyclic) bond motifs is 1.